The van der Waals surface area contributed by atoms with Crippen LogP contribution in [0.3, 0.4) is 0 Å². The topological polar surface area (TPSA) is 28.4 Å². The second-order valence-electron chi connectivity index (χ2n) is 3.76. The molecule has 1 unspecified atom stereocenters. The van der Waals surface area contributed by atoms with Crippen molar-refractivity contribution in [1.29, 1.82) is 0 Å². The van der Waals surface area contributed by atoms with E-state index < -0.39 is 0 Å². The first kappa shape index (κ1) is 11.6. The van der Waals surface area contributed by atoms with Gasteiger partial charge in [0.2, 0.25) is 0 Å². The molecule has 1 aromatic rings. The van der Waals surface area contributed by atoms with E-state index in [2.05, 4.69) is 31.2 Å². The summed E-state index contributed by atoms with van der Waals surface area (Å²) in [4.78, 5) is 2.15. The lowest BCUT2D eigenvalue weighted by Crippen LogP contribution is -2.35. The average Bonchev–Trinajstić information content (AvgIpc) is 2.46. The molecule has 0 fully saturated rings. The van der Waals surface area contributed by atoms with Crippen LogP contribution in [0.5, 0.6) is 0 Å². The normalized spacial score (nSPS) is 13.5. The molecular weight excluding hydrogens is 200 g/mol. The summed E-state index contributed by atoms with van der Waals surface area (Å²) >= 11 is 5.81. The molecule has 0 saturated heterocycles. The summed E-state index contributed by atoms with van der Waals surface area (Å²) in [5, 5.41) is 3.85. The lowest BCUT2D eigenvalue weighted by molar-refractivity contribution is 0.349. The van der Waals surface area contributed by atoms with Crippen molar-refractivity contribution in [2.24, 2.45) is 0 Å². The highest BCUT2D eigenvalue weighted by Gasteiger charge is 2.06. The molecule has 0 aliphatic heterocycles. The maximum atomic E-state index is 5.81. The van der Waals surface area contributed by atoms with Crippen molar-refractivity contribution in [3.05, 3.63) is 23.1 Å². The molecule has 1 rings (SSSR count). The zero-order chi connectivity index (χ0) is 10.6. The molecular formula is C10H17ClN2O. The molecule has 14 heavy (non-hydrogen) atoms. The Balaban J connectivity index is 2.30. The van der Waals surface area contributed by atoms with Gasteiger partial charge < -0.3 is 14.6 Å². The number of likely N-dealkylation sites (N-methyl/N-ethyl adjacent to an activating group) is 1. The van der Waals surface area contributed by atoms with E-state index in [4.69, 9.17) is 16.0 Å². The maximum Gasteiger partial charge on any atom is 0.197 e. The predicted octanol–water partition coefficient (Wildman–Crippen LogP) is 1.97. The smallest absolute Gasteiger partial charge is 0.197 e. The molecule has 0 aromatic carbocycles. The Morgan fingerprint density at radius 3 is 2.79 bits per heavy atom. The van der Waals surface area contributed by atoms with Crippen LogP contribution in [0.1, 0.15) is 12.5 Å². The lowest BCUT2D eigenvalue weighted by atomic mass is 10.3. The van der Waals surface area contributed by atoms with Crippen LogP contribution >= 0.6 is 11.6 Å². The van der Waals surface area contributed by atoms with Gasteiger partial charge in [0.05, 0.1) is 6.26 Å². The van der Waals surface area contributed by atoms with Gasteiger partial charge in [-0.25, -0.2) is 0 Å². The minimum absolute atomic E-state index is 0.441. The van der Waals surface area contributed by atoms with E-state index in [0.717, 1.165) is 18.7 Å². The van der Waals surface area contributed by atoms with Crippen LogP contribution in [0.25, 0.3) is 0 Å². The minimum atomic E-state index is 0.441. The first-order valence-electron chi connectivity index (χ1n) is 4.69. The number of furan rings is 1. The SMILES string of the molecule is CC(CN(C)C)NCc1ccoc1Cl. The van der Waals surface area contributed by atoms with Crippen molar-refractivity contribution in [1.82, 2.24) is 10.2 Å². The Morgan fingerprint density at radius 2 is 2.29 bits per heavy atom. The number of hydrogen-bond acceptors (Lipinski definition) is 3. The quantitative estimate of drug-likeness (QED) is 0.816. The molecule has 80 valence electrons. The van der Waals surface area contributed by atoms with E-state index in [-0.39, 0.29) is 0 Å². The fraction of sp³-hybridized carbons (Fsp3) is 0.600. The summed E-state index contributed by atoms with van der Waals surface area (Å²) in [5.74, 6) is 0. The Hall–Kier alpha value is -0.510. The van der Waals surface area contributed by atoms with Crippen LogP contribution < -0.4 is 5.32 Å². The lowest BCUT2D eigenvalue weighted by Gasteiger charge is -2.17. The van der Waals surface area contributed by atoms with Crippen LogP contribution in [0, 0.1) is 0 Å². The third-order valence-electron chi connectivity index (χ3n) is 1.97. The van der Waals surface area contributed by atoms with Crippen LogP contribution in [0.4, 0.5) is 0 Å². The summed E-state index contributed by atoms with van der Waals surface area (Å²) < 4.78 is 4.99. The second kappa shape index (κ2) is 5.39. The average molecular weight is 217 g/mol. The van der Waals surface area contributed by atoms with Crippen molar-refractivity contribution >= 4 is 11.6 Å². The standard InChI is InChI=1S/C10H17ClN2O/c1-8(7-13(2)3)12-6-9-4-5-14-10(9)11/h4-5,8,12H,6-7H2,1-3H3. The largest absolute Gasteiger partial charge is 0.453 e. The summed E-state index contributed by atoms with van der Waals surface area (Å²) in [5.41, 5.74) is 1.01. The molecule has 1 N–H and O–H groups in total. The van der Waals surface area contributed by atoms with E-state index >= 15 is 0 Å². The Morgan fingerprint density at radius 1 is 1.57 bits per heavy atom. The highest BCUT2D eigenvalue weighted by Crippen LogP contribution is 2.16. The van der Waals surface area contributed by atoms with Crippen LogP contribution in [0.15, 0.2) is 16.7 Å². The molecule has 0 radical (unpaired) electrons. The van der Waals surface area contributed by atoms with E-state index in [1.54, 1.807) is 6.26 Å². The van der Waals surface area contributed by atoms with Crippen LogP contribution in [-0.4, -0.2) is 31.6 Å². The Labute approximate surface area is 90.0 Å². The molecule has 0 amide bonds. The van der Waals surface area contributed by atoms with Gasteiger partial charge in [-0.15, -0.1) is 0 Å². The van der Waals surface area contributed by atoms with Crippen molar-refractivity contribution < 1.29 is 4.42 Å². The maximum absolute atomic E-state index is 5.81. The first-order valence-corrected chi connectivity index (χ1v) is 5.07. The van der Waals surface area contributed by atoms with Crippen molar-refractivity contribution in [3.63, 3.8) is 0 Å². The van der Waals surface area contributed by atoms with Gasteiger partial charge in [0.1, 0.15) is 0 Å². The number of halogens is 1. The third kappa shape index (κ3) is 3.70. The van der Waals surface area contributed by atoms with Gasteiger partial charge in [0.25, 0.3) is 0 Å². The van der Waals surface area contributed by atoms with Gasteiger partial charge in [-0.3, -0.25) is 0 Å². The molecule has 0 aliphatic rings. The highest BCUT2D eigenvalue weighted by atomic mass is 35.5. The monoisotopic (exact) mass is 216 g/mol. The fourth-order valence-corrected chi connectivity index (χ4v) is 1.52. The molecule has 3 nitrogen and oxygen atoms in total. The zero-order valence-electron chi connectivity index (χ0n) is 8.88. The van der Waals surface area contributed by atoms with Gasteiger partial charge in [-0.1, -0.05) is 0 Å². The van der Waals surface area contributed by atoms with E-state index in [0.29, 0.717) is 11.3 Å². The number of nitrogens with one attached hydrogen (secondary N) is 1. The Kier molecular flexibility index (Phi) is 4.45. The third-order valence-corrected chi connectivity index (χ3v) is 2.31. The molecule has 1 heterocycles. The van der Waals surface area contributed by atoms with Crippen molar-refractivity contribution in [2.75, 3.05) is 20.6 Å². The minimum Gasteiger partial charge on any atom is -0.453 e. The summed E-state index contributed by atoms with van der Waals surface area (Å²) in [6.07, 6.45) is 1.61. The molecule has 0 saturated carbocycles. The van der Waals surface area contributed by atoms with Crippen LogP contribution in [0.2, 0.25) is 5.22 Å². The highest BCUT2D eigenvalue weighted by molar-refractivity contribution is 6.29. The number of hydrogen-bond donors (Lipinski definition) is 1. The summed E-state index contributed by atoms with van der Waals surface area (Å²) in [6, 6.07) is 2.33. The predicted molar refractivity (Wildman–Crippen MR) is 58.6 cm³/mol. The molecule has 1 aromatic heterocycles. The zero-order valence-corrected chi connectivity index (χ0v) is 9.64. The van der Waals surface area contributed by atoms with Gasteiger partial charge >= 0.3 is 0 Å². The summed E-state index contributed by atoms with van der Waals surface area (Å²) in [6.45, 7) is 3.91. The first-order chi connectivity index (χ1) is 6.59. The Bertz CT molecular complexity index is 273. The van der Waals surface area contributed by atoms with E-state index in [1.807, 2.05) is 6.07 Å². The summed E-state index contributed by atoms with van der Waals surface area (Å²) in [7, 11) is 4.12. The molecule has 1 atom stereocenters. The van der Waals surface area contributed by atoms with E-state index in [9.17, 15) is 0 Å². The van der Waals surface area contributed by atoms with E-state index in [1.165, 1.54) is 0 Å². The number of rotatable bonds is 5. The number of nitrogens with zero attached hydrogens (tertiary/aromatic N) is 1. The molecule has 0 spiro atoms. The molecule has 4 heteroatoms. The fourth-order valence-electron chi connectivity index (χ4n) is 1.34. The molecule has 0 aliphatic carbocycles. The van der Waals surface area contributed by atoms with Gasteiger partial charge in [0, 0.05) is 24.7 Å². The second-order valence-corrected chi connectivity index (χ2v) is 4.11. The van der Waals surface area contributed by atoms with Gasteiger partial charge in [-0.05, 0) is 38.7 Å². The van der Waals surface area contributed by atoms with Crippen molar-refractivity contribution in [2.45, 2.75) is 19.5 Å². The van der Waals surface area contributed by atoms with Gasteiger partial charge in [0.15, 0.2) is 5.22 Å². The molecule has 0 bridgehead atoms. The van der Waals surface area contributed by atoms with Crippen LogP contribution in [-0.2, 0) is 6.54 Å². The van der Waals surface area contributed by atoms with Crippen molar-refractivity contribution in [3.8, 4) is 0 Å². The van der Waals surface area contributed by atoms with Gasteiger partial charge in [-0.2, -0.15) is 0 Å².